The fourth-order valence-corrected chi connectivity index (χ4v) is 3.43. The molecule has 0 radical (unpaired) electrons. The summed E-state index contributed by atoms with van der Waals surface area (Å²) in [4.78, 5) is 33.2. The third-order valence-electron chi connectivity index (χ3n) is 4.38. The molecule has 26 heavy (non-hydrogen) atoms. The second-order valence-electron chi connectivity index (χ2n) is 5.93. The maximum Gasteiger partial charge on any atom is 0.341 e. The highest BCUT2D eigenvalue weighted by Crippen LogP contribution is 2.45. The van der Waals surface area contributed by atoms with Gasteiger partial charge in [0.25, 0.3) is 0 Å². The van der Waals surface area contributed by atoms with Crippen LogP contribution in [0.1, 0.15) is 43.9 Å². The molecular formula is C20H13BrN2O3. The third kappa shape index (κ3) is 2.93. The summed E-state index contributed by atoms with van der Waals surface area (Å²) in [5.74, 6) is -1.18. The normalized spacial score (nSPS) is 18.4. The Morgan fingerprint density at radius 3 is 2.42 bits per heavy atom. The van der Waals surface area contributed by atoms with Crippen molar-refractivity contribution in [1.82, 2.24) is 9.97 Å². The molecule has 0 fully saturated rings. The van der Waals surface area contributed by atoms with Gasteiger partial charge in [-0.3, -0.25) is 4.79 Å². The molecule has 4 rings (SSSR count). The lowest BCUT2D eigenvalue weighted by molar-refractivity contribution is 0.0258. The second kappa shape index (κ2) is 6.80. The highest BCUT2D eigenvalue weighted by molar-refractivity contribution is 9.10. The van der Waals surface area contributed by atoms with E-state index in [1.807, 2.05) is 42.5 Å². The molecule has 128 valence electrons. The molecule has 1 aliphatic rings. The van der Waals surface area contributed by atoms with Gasteiger partial charge in [-0.15, -0.1) is 0 Å². The molecule has 2 atom stereocenters. The summed E-state index contributed by atoms with van der Waals surface area (Å²) in [7, 11) is 0. The van der Waals surface area contributed by atoms with E-state index in [-0.39, 0.29) is 11.3 Å². The molecule has 0 N–H and O–H groups in total. The fraction of sp³-hybridized carbons (Fsp3) is 0.100. The van der Waals surface area contributed by atoms with Crippen molar-refractivity contribution in [3.8, 4) is 0 Å². The van der Waals surface area contributed by atoms with Crippen LogP contribution in [0.3, 0.4) is 0 Å². The monoisotopic (exact) mass is 408 g/mol. The quantitative estimate of drug-likeness (QED) is 0.609. The van der Waals surface area contributed by atoms with Crippen molar-refractivity contribution >= 4 is 27.7 Å². The van der Waals surface area contributed by atoms with Gasteiger partial charge in [-0.1, -0.05) is 52.3 Å². The summed E-state index contributed by atoms with van der Waals surface area (Å²) in [6.07, 6.45) is 3.45. The van der Waals surface area contributed by atoms with Gasteiger partial charge in [-0.25, -0.2) is 14.8 Å². The van der Waals surface area contributed by atoms with Crippen molar-refractivity contribution in [2.75, 3.05) is 0 Å². The SMILES string of the molecule is O=C(OC1c2ccccc2C(=O)C1c1ccc(Br)cc1)c1cncnc1. The van der Waals surface area contributed by atoms with Crippen LogP contribution in [0.4, 0.5) is 0 Å². The number of ketones is 1. The number of Topliss-reactive ketones (excluding diaryl/α,β-unsaturated/α-hetero) is 1. The molecule has 5 nitrogen and oxygen atoms in total. The van der Waals surface area contributed by atoms with E-state index in [4.69, 9.17) is 4.74 Å². The van der Waals surface area contributed by atoms with E-state index in [1.54, 1.807) is 6.07 Å². The number of rotatable bonds is 3. The molecule has 6 heteroatoms. The minimum absolute atomic E-state index is 0.0509. The Kier molecular flexibility index (Phi) is 4.34. The van der Waals surface area contributed by atoms with Crippen LogP contribution in [-0.4, -0.2) is 21.7 Å². The van der Waals surface area contributed by atoms with Crippen LogP contribution < -0.4 is 0 Å². The molecule has 0 amide bonds. The number of ether oxygens (including phenoxy) is 1. The predicted molar refractivity (Wildman–Crippen MR) is 97.8 cm³/mol. The van der Waals surface area contributed by atoms with Gasteiger partial charge in [0.1, 0.15) is 12.4 Å². The van der Waals surface area contributed by atoms with E-state index in [1.165, 1.54) is 18.7 Å². The summed E-state index contributed by atoms with van der Waals surface area (Å²) in [6.45, 7) is 0. The van der Waals surface area contributed by atoms with Gasteiger partial charge in [-0.2, -0.15) is 0 Å². The minimum atomic E-state index is -0.687. The van der Waals surface area contributed by atoms with Crippen molar-refractivity contribution in [3.05, 3.63) is 94.0 Å². The number of benzene rings is 2. The van der Waals surface area contributed by atoms with E-state index < -0.39 is 18.0 Å². The molecular weight excluding hydrogens is 396 g/mol. The molecule has 0 aliphatic heterocycles. The van der Waals surface area contributed by atoms with Gasteiger partial charge in [0.15, 0.2) is 5.78 Å². The number of carbonyl (C=O) groups excluding carboxylic acids is 2. The Labute approximate surface area is 158 Å². The van der Waals surface area contributed by atoms with E-state index in [0.717, 1.165) is 15.6 Å². The molecule has 3 aromatic rings. The minimum Gasteiger partial charge on any atom is -0.453 e. The fourth-order valence-electron chi connectivity index (χ4n) is 3.17. The molecule has 1 aliphatic carbocycles. The zero-order valence-corrected chi connectivity index (χ0v) is 15.1. The van der Waals surface area contributed by atoms with E-state index >= 15 is 0 Å². The van der Waals surface area contributed by atoms with Crippen LogP contribution in [0, 0.1) is 0 Å². The Balaban J connectivity index is 1.74. The van der Waals surface area contributed by atoms with E-state index in [9.17, 15) is 9.59 Å². The first-order valence-corrected chi connectivity index (χ1v) is 8.79. The smallest absolute Gasteiger partial charge is 0.341 e. The number of aromatic nitrogens is 2. The number of esters is 1. The van der Waals surface area contributed by atoms with Crippen molar-refractivity contribution in [2.45, 2.75) is 12.0 Å². The number of hydrogen-bond donors (Lipinski definition) is 0. The Morgan fingerprint density at radius 1 is 1.00 bits per heavy atom. The average Bonchev–Trinajstić information content (AvgIpc) is 2.95. The van der Waals surface area contributed by atoms with Crippen LogP contribution >= 0.6 is 15.9 Å². The van der Waals surface area contributed by atoms with Gasteiger partial charge in [-0.05, 0) is 17.7 Å². The van der Waals surface area contributed by atoms with Crippen molar-refractivity contribution in [1.29, 1.82) is 0 Å². The molecule has 0 bridgehead atoms. The number of halogens is 1. The van der Waals surface area contributed by atoms with E-state index in [0.29, 0.717) is 5.56 Å². The number of carbonyl (C=O) groups is 2. The second-order valence-corrected chi connectivity index (χ2v) is 6.85. The molecule has 0 saturated heterocycles. The number of nitrogens with zero attached hydrogens (tertiary/aromatic N) is 2. The van der Waals surface area contributed by atoms with Gasteiger partial charge in [0, 0.05) is 28.0 Å². The topological polar surface area (TPSA) is 69.2 Å². The number of hydrogen-bond acceptors (Lipinski definition) is 5. The van der Waals surface area contributed by atoms with Crippen LogP contribution in [0.15, 0.2) is 71.7 Å². The van der Waals surface area contributed by atoms with Crippen LogP contribution in [0.2, 0.25) is 0 Å². The molecule has 0 spiro atoms. The lowest BCUT2D eigenvalue weighted by Crippen LogP contribution is -2.18. The zero-order chi connectivity index (χ0) is 18.1. The molecule has 1 aromatic heterocycles. The molecule has 2 unspecified atom stereocenters. The van der Waals surface area contributed by atoms with Crippen molar-refractivity contribution in [3.63, 3.8) is 0 Å². The highest BCUT2D eigenvalue weighted by atomic mass is 79.9. The first kappa shape index (κ1) is 16.6. The standard InChI is InChI=1S/C20H13BrN2O3/c21-14-7-5-12(6-8-14)17-18(24)15-3-1-2-4-16(15)19(17)26-20(25)13-9-22-11-23-10-13/h1-11,17,19H. The summed E-state index contributed by atoms with van der Waals surface area (Å²) in [5.41, 5.74) is 2.36. The maximum atomic E-state index is 13.0. The lowest BCUT2D eigenvalue weighted by atomic mass is 9.93. The molecule has 0 saturated carbocycles. The molecule has 1 heterocycles. The van der Waals surface area contributed by atoms with Crippen molar-refractivity contribution < 1.29 is 14.3 Å². The third-order valence-corrected chi connectivity index (χ3v) is 4.91. The first-order chi connectivity index (χ1) is 12.6. The summed E-state index contributed by atoms with van der Waals surface area (Å²) >= 11 is 3.40. The van der Waals surface area contributed by atoms with Gasteiger partial charge in [0.05, 0.1) is 11.5 Å². The summed E-state index contributed by atoms with van der Waals surface area (Å²) < 4.78 is 6.66. The Hall–Kier alpha value is -2.86. The van der Waals surface area contributed by atoms with Crippen LogP contribution in [0.25, 0.3) is 0 Å². The average molecular weight is 409 g/mol. The summed E-state index contributed by atoms with van der Waals surface area (Å²) in [5, 5.41) is 0. The highest BCUT2D eigenvalue weighted by Gasteiger charge is 2.43. The van der Waals surface area contributed by atoms with Crippen LogP contribution in [0.5, 0.6) is 0 Å². The molecule has 2 aromatic carbocycles. The Morgan fingerprint density at radius 2 is 1.69 bits per heavy atom. The van der Waals surface area contributed by atoms with Crippen LogP contribution in [-0.2, 0) is 4.74 Å². The van der Waals surface area contributed by atoms with Crippen molar-refractivity contribution in [2.24, 2.45) is 0 Å². The maximum absolute atomic E-state index is 13.0. The van der Waals surface area contributed by atoms with Gasteiger partial charge >= 0.3 is 5.97 Å². The van der Waals surface area contributed by atoms with Gasteiger partial charge < -0.3 is 4.74 Å². The van der Waals surface area contributed by atoms with Gasteiger partial charge in [0.2, 0.25) is 0 Å². The lowest BCUT2D eigenvalue weighted by Gasteiger charge is -2.20. The largest absolute Gasteiger partial charge is 0.453 e. The number of fused-ring (bicyclic) bond motifs is 1. The Bertz CT molecular complexity index is 974. The first-order valence-electron chi connectivity index (χ1n) is 8.00. The van der Waals surface area contributed by atoms with E-state index in [2.05, 4.69) is 25.9 Å². The predicted octanol–water partition coefficient (Wildman–Crippen LogP) is 4.12. The zero-order valence-electron chi connectivity index (χ0n) is 13.5. The summed E-state index contributed by atoms with van der Waals surface area (Å²) in [6, 6.07) is 14.7.